The monoisotopic (exact) mass is 187 g/mol. The Morgan fingerprint density at radius 1 is 1.23 bits per heavy atom. The fraction of sp³-hybridized carbons (Fsp3) is 1.00. The van der Waals surface area contributed by atoms with Crippen LogP contribution in [0.3, 0.4) is 0 Å². The minimum Gasteiger partial charge on any atom is -0.395 e. The van der Waals surface area contributed by atoms with Gasteiger partial charge < -0.3 is 10.4 Å². The maximum absolute atomic E-state index is 9.08. The minimum atomic E-state index is 0.247. The molecular weight excluding hydrogens is 162 g/mol. The zero-order valence-corrected chi connectivity index (χ0v) is 9.51. The summed E-state index contributed by atoms with van der Waals surface area (Å²) < 4.78 is 0. The lowest BCUT2D eigenvalue weighted by molar-refractivity contribution is 0.205. The second kappa shape index (κ2) is 7.34. The Bertz CT molecular complexity index is 115. The SMILES string of the molecule is CCCC(C)CN[C@H](CO)C(C)C. The Labute approximate surface area is 82.7 Å². The molecule has 2 atom stereocenters. The highest BCUT2D eigenvalue weighted by Crippen LogP contribution is 2.05. The predicted molar refractivity (Wildman–Crippen MR) is 57.8 cm³/mol. The van der Waals surface area contributed by atoms with Gasteiger partial charge in [0.25, 0.3) is 0 Å². The molecule has 0 amide bonds. The van der Waals surface area contributed by atoms with Gasteiger partial charge in [0.15, 0.2) is 0 Å². The van der Waals surface area contributed by atoms with Gasteiger partial charge in [-0.15, -0.1) is 0 Å². The van der Waals surface area contributed by atoms with E-state index in [1.807, 2.05) is 0 Å². The third kappa shape index (κ3) is 6.05. The first-order valence-electron chi connectivity index (χ1n) is 5.46. The highest BCUT2D eigenvalue weighted by molar-refractivity contribution is 4.70. The average molecular weight is 187 g/mol. The van der Waals surface area contributed by atoms with Crippen LogP contribution in [0.5, 0.6) is 0 Å². The van der Waals surface area contributed by atoms with E-state index in [-0.39, 0.29) is 12.6 Å². The van der Waals surface area contributed by atoms with E-state index in [1.54, 1.807) is 0 Å². The van der Waals surface area contributed by atoms with Crippen LogP contribution in [0.4, 0.5) is 0 Å². The topological polar surface area (TPSA) is 32.3 Å². The molecule has 0 saturated carbocycles. The lowest BCUT2D eigenvalue weighted by Gasteiger charge is -2.22. The van der Waals surface area contributed by atoms with Gasteiger partial charge in [0.1, 0.15) is 0 Å². The van der Waals surface area contributed by atoms with Crippen LogP contribution in [-0.2, 0) is 0 Å². The zero-order chi connectivity index (χ0) is 10.3. The molecule has 13 heavy (non-hydrogen) atoms. The van der Waals surface area contributed by atoms with Gasteiger partial charge in [0.05, 0.1) is 6.61 Å². The van der Waals surface area contributed by atoms with Crippen LogP contribution in [0, 0.1) is 11.8 Å². The molecule has 0 heterocycles. The van der Waals surface area contributed by atoms with E-state index in [9.17, 15) is 0 Å². The standard InChI is InChI=1S/C11H25NO/c1-5-6-10(4)7-12-11(8-13)9(2)3/h9-13H,5-8H2,1-4H3/t10?,11-/m1/s1. The first-order valence-corrected chi connectivity index (χ1v) is 5.46. The average Bonchev–Trinajstić information content (AvgIpc) is 2.05. The summed E-state index contributed by atoms with van der Waals surface area (Å²) in [7, 11) is 0. The van der Waals surface area contributed by atoms with Gasteiger partial charge in [-0.2, -0.15) is 0 Å². The smallest absolute Gasteiger partial charge is 0.0587 e. The zero-order valence-electron chi connectivity index (χ0n) is 9.51. The fourth-order valence-electron chi connectivity index (χ4n) is 1.46. The second-order valence-electron chi connectivity index (χ2n) is 4.34. The molecule has 2 nitrogen and oxygen atoms in total. The van der Waals surface area contributed by atoms with Gasteiger partial charge in [-0.1, -0.05) is 34.1 Å². The quantitative estimate of drug-likeness (QED) is 0.639. The molecule has 0 rings (SSSR count). The molecule has 0 aromatic rings. The molecule has 0 fully saturated rings. The highest BCUT2D eigenvalue weighted by Gasteiger charge is 2.11. The Balaban J connectivity index is 3.59. The molecule has 0 aliphatic carbocycles. The first kappa shape index (κ1) is 12.9. The molecule has 0 aromatic carbocycles. The van der Waals surface area contributed by atoms with Crippen molar-refractivity contribution in [1.82, 2.24) is 5.32 Å². The van der Waals surface area contributed by atoms with Crippen LogP contribution in [-0.4, -0.2) is 24.3 Å². The molecule has 0 aromatic heterocycles. The molecule has 0 radical (unpaired) electrons. The number of nitrogens with one attached hydrogen (secondary N) is 1. The summed E-state index contributed by atoms with van der Waals surface area (Å²) in [5, 5.41) is 12.5. The molecule has 2 N–H and O–H groups in total. The van der Waals surface area contributed by atoms with Gasteiger partial charge in [0, 0.05) is 6.04 Å². The number of hydrogen-bond acceptors (Lipinski definition) is 2. The summed E-state index contributed by atoms with van der Waals surface area (Å²) in [6.07, 6.45) is 2.51. The summed E-state index contributed by atoms with van der Waals surface area (Å²) in [6.45, 7) is 10.0. The van der Waals surface area contributed by atoms with E-state index in [2.05, 4.69) is 33.0 Å². The van der Waals surface area contributed by atoms with Crippen molar-refractivity contribution in [2.45, 2.75) is 46.6 Å². The third-order valence-corrected chi connectivity index (χ3v) is 2.51. The molecule has 0 aliphatic rings. The van der Waals surface area contributed by atoms with Gasteiger partial charge >= 0.3 is 0 Å². The highest BCUT2D eigenvalue weighted by atomic mass is 16.3. The van der Waals surface area contributed by atoms with Crippen molar-refractivity contribution >= 4 is 0 Å². The number of rotatable bonds is 7. The first-order chi connectivity index (χ1) is 6.11. The van der Waals surface area contributed by atoms with E-state index in [4.69, 9.17) is 5.11 Å². The van der Waals surface area contributed by atoms with Gasteiger partial charge in [-0.3, -0.25) is 0 Å². The largest absolute Gasteiger partial charge is 0.395 e. The number of aliphatic hydroxyl groups excluding tert-OH is 1. The lowest BCUT2D eigenvalue weighted by atomic mass is 10.0. The summed E-state index contributed by atoms with van der Waals surface area (Å²) in [5.41, 5.74) is 0. The van der Waals surface area contributed by atoms with Gasteiger partial charge in [-0.05, 0) is 24.8 Å². The Morgan fingerprint density at radius 2 is 1.85 bits per heavy atom. The van der Waals surface area contributed by atoms with Crippen molar-refractivity contribution in [2.24, 2.45) is 11.8 Å². The van der Waals surface area contributed by atoms with Crippen molar-refractivity contribution in [2.75, 3.05) is 13.2 Å². The number of aliphatic hydroxyl groups is 1. The molecule has 0 saturated heterocycles. The van der Waals surface area contributed by atoms with E-state index in [0.29, 0.717) is 5.92 Å². The van der Waals surface area contributed by atoms with Crippen LogP contribution in [0.15, 0.2) is 0 Å². The maximum atomic E-state index is 9.08. The Hall–Kier alpha value is -0.0800. The maximum Gasteiger partial charge on any atom is 0.0587 e. The van der Waals surface area contributed by atoms with Crippen LogP contribution in [0.25, 0.3) is 0 Å². The third-order valence-electron chi connectivity index (χ3n) is 2.51. The second-order valence-corrected chi connectivity index (χ2v) is 4.34. The minimum absolute atomic E-state index is 0.247. The Morgan fingerprint density at radius 3 is 2.23 bits per heavy atom. The van der Waals surface area contributed by atoms with Crippen molar-refractivity contribution < 1.29 is 5.11 Å². The summed E-state index contributed by atoms with van der Waals surface area (Å²) in [5.74, 6) is 1.23. The van der Waals surface area contributed by atoms with E-state index in [1.165, 1.54) is 12.8 Å². The van der Waals surface area contributed by atoms with Crippen LogP contribution in [0.2, 0.25) is 0 Å². The van der Waals surface area contributed by atoms with Crippen molar-refractivity contribution in [1.29, 1.82) is 0 Å². The van der Waals surface area contributed by atoms with E-state index in [0.717, 1.165) is 12.5 Å². The van der Waals surface area contributed by atoms with E-state index < -0.39 is 0 Å². The number of hydrogen-bond donors (Lipinski definition) is 2. The van der Waals surface area contributed by atoms with Crippen molar-refractivity contribution in [3.63, 3.8) is 0 Å². The molecule has 80 valence electrons. The summed E-state index contributed by atoms with van der Waals surface area (Å²) in [6, 6.07) is 0.263. The summed E-state index contributed by atoms with van der Waals surface area (Å²) in [4.78, 5) is 0. The molecule has 2 heteroatoms. The van der Waals surface area contributed by atoms with E-state index >= 15 is 0 Å². The molecule has 0 bridgehead atoms. The van der Waals surface area contributed by atoms with Crippen molar-refractivity contribution in [3.8, 4) is 0 Å². The molecule has 0 aliphatic heterocycles. The molecule has 1 unspecified atom stereocenters. The van der Waals surface area contributed by atoms with Crippen molar-refractivity contribution in [3.05, 3.63) is 0 Å². The van der Waals surface area contributed by atoms with Gasteiger partial charge in [-0.25, -0.2) is 0 Å². The Kier molecular flexibility index (Phi) is 7.29. The normalized spacial score (nSPS) is 16.2. The lowest BCUT2D eigenvalue weighted by Crippen LogP contribution is -2.39. The van der Waals surface area contributed by atoms with Crippen LogP contribution < -0.4 is 5.32 Å². The summed E-state index contributed by atoms with van der Waals surface area (Å²) >= 11 is 0. The predicted octanol–water partition coefficient (Wildman–Crippen LogP) is 2.03. The van der Waals surface area contributed by atoms with Gasteiger partial charge in [0.2, 0.25) is 0 Å². The fourth-order valence-corrected chi connectivity index (χ4v) is 1.46. The van der Waals surface area contributed by atoms with Crippen LogP contribution >= 0.6 is 0 Å². The van der Waals surface area contributed by atoms with Crippen LogP contribution in [0.1, 0.15) is 40.5 Å². The molecular formula is C11H25NO. The molecule has 0 spiro atoms.